The number of hydrogen-bond donors (Lipinski definition) is 1. The van der Waals surface area contributed by atoms with E-state index in [0.717, 1.165) is 31.1 Å². The molecule has 5 heteroatoms. The van der Waals surface area contributed by atoms with E-state index in [9.17, 15) is 4.79 Å². The van der Waals surface area contributed by atoms with Gasteiger partial charge in [0.1, 0.15) is 5.75 Å². The van der Waals surface area contributed by atoms with Crippen LogP contribution in [0, 0.1) is 6.92 Å². The van der Waals surface area contributed by atoms with E-state index in [0.29, 0.717) is 12.6 Å². The minimum Gasteiger partial charge on any atom is -0.497 e. The molecule has 3 rings (SSSR count). The SMILES string of the molecule is COc1cccc(NC(=O)CN2CCN(c3ccc(C)cc3)[C@H](C)C2)c1. The number of aryl methyl sites for hydroxylation is 1. The van der Waals surface area contributed by atoms with Gasteiger partial charge in [-0.1, -0.05) is 23.8 Å². The molecule has 26 heavy (non-hydrogen) atoms. The van der Waals surface area contributed by atoms with E-state index >= 15 is 0 Å². The van der Waals surface area contributed by atoms with Gasteiger partial charge in [0.05, 0.1) is 13.7 Å². The average molecular weight is 353 g/mol. The fourth-order valence-corrected chi connectivity index (χ4v) is 3.40. The van der Waals surface area contributed by atoms with Crippen molar-refractivity contribution in [1.82, 2.24) is 4.90 Å². The van der Waals surface area contributed by atoms with E-state index < -0.39 is 0 Å². The fourth-order valence-electron chi connectivity index (χ4n) is 3.40. The smallest absolute Gasteiger partial charge is 0.238 e. The molecule has 1 saturated heterocycles. The van der Waals surface area contributed by atoms with Gasteiger partial charge in [-0.3, -0.25) is 9.69 Å². The zero-order chi connectivity index (χ0) is 18.5. The maximum Gasteiger partial charge on any atom is 0.238 e. The molecular formula is C21H27N3O2. The lowest BCUT2D eigenvalue weighted by Crippen LogP contribution is -2.53. The van der Waals surface area contributed by atoms with E-state index in [-0.39, 0.29) is 5.91 Å². The minimum absolute atomic E-state index is 0.00855. The first-order valence-corrected chi connectivity index (χ1v) is 9.05. The number of carbonyl (C=O) groups excluding carboxylic acids is 1. The number of rotatable bonds is 5. The number of carbonyl (C=O) groups is 1. The lowest BCUT2D eigenvalue weighted by Gasteiger charge is -2.41. The van der Waals surface area contributed by atoms with Crippen molar-refractivity contribution in [3.8, 4) is 5.75 Å². The molecule has 0 bridgehead atoms. The highest BCUT2D eigenvalue weighted by molar-refractivity contribution is 5.92. The third kappa shape index (κ3) is 4.55. The van der Waals surface area contributed by atoms with Crippen LogP contribution < -0.4 is 15.0 Å². The summed E-state index contributed by atoms with van der Waals surface area (Å²) in [5.74, 6) is 0.748. The molecule has 0 radical (unpaired) electrons. The first kappa shape index (κ1) is 18.3. The molecule has 0 spiro atoms. The third-order valence-corrected chi connectivity index (χ3v) is 4.80. The van der Waals surface area contributed by atoms with E-state index in [2.05, 4.69) is 53.2 Å². The van der Waals surface area contributed by atoms with Crippen molar-refractivity contribution in [3.63, 3.8) is 0 Å². The van der Waals surface area contributed by atoms with Crippen LogP contribution in [0.15, 0.2) is 48.5 Å². The number of piperazine rings is 1. The Morgan fingerprint density at radius 1 is 1.19 bits per heavy atom. The Bertz CT molecular complexity index is 745. The van der Waals surface area contributed by atoms with Gasteiger partial charge in [0, 0.05) is 43.1 Å². The molecular weight excluding hydrogens is 326 g/mol. The van der Waals surface area contributed by atoms with E-state index in [1.807, 2.05) is 24.3 Å². The first-order chi connectivity index (χ1) is 12.5. The maximum atomic E-state index is 12.4. The molecule has 1 amide bonds. The summed E-state index contributed by atoms with van der Waals surface area (Å²) in [6, 6.07) is 16.5. The van der Waals surface area contributed by atoms with Crippen molar-refractivity contribution in [2.24, 2.45) is 0 Å². The minimum atomic E-state index is 0.00855. The summed E-state index contributed by atoms with van der Waals surface area (Å²) in [5, 5.41) is 2.95. The van der Waals surface area contributed by atoms with E-state index in [1.54, 1.807) is 7.11 Å². The zero-order valence-electron chi connectivity index (χ0n) is 15.7. The van der Waals surface area contributed by atoms with Crippen LogP contribution in [0.5, 0.6) is 5.75 Å². The predicted molar refractivity (Wildman–Crippen MR) is 106 cm³/mol. The molecule has 2 aromatic carbocycles. The highest BCUT2D eigenvalue weighted by Gasteiger charge is 2.25. The summed E-state index contributed by atoms with van der Waals surface area (Å²) in [4.78, 5) is 17.0. The van der Waals surface area contributed by atoms with Gasteiger partial charge >= 0.3 is 0 Å². The maximum absolute atomic E-state index is 12.4. The van der Waals surface area contributed by atoms with Crippen LogP contribution in [-0.4, -0.2) is 50.1 Å². The summed E-state index contributed by atoms with van der Waals surface area (Å²) in [6.07, 6.45) is 0. The Balaban J connectivity index is 1.53. The molecule has 5 nitrogen and oxygen atoms in total. The molecule has 1 aliphatic heterocycles. The average Bonchev–Trinajstić information content (AvgIpc) is 2.63. The Hall–Kier alpha value is -2.53. The van der Waals surface area contributed by atoms with Crippen LogP contribution >= 0.6 is 0 Å². The first-order valence-electron chi connectivity index (χ1n) is 9.05. The molecule has 138 valence electrons. The second-order valence-corrected chi connectivity index (χ2v) is 6.89. The molecule has 0 unspecified atom stereocenters. The van der Waals surface area contributed by atoms with Crippen molar-refractivity contribution in [2.45, 2.75) is 19.9 Å². The van der Waals surface area contributed by atoms with Gasteiger partial charge in [-0.25, -0.2) is 0 Å². The van der Waals surface area contributed by atoms with Crippen molar-refractivity contribution in [3.05, 3.63) is 54.1 Å². The highest BCUT2D eigenvalue weighted by atomic mass is 16.5. The number of methoxy groups -OCH3 is 1. The van der Waals surface area contributed by atoms with Gasteiger partial charge in [0.2, 0.25) is 5.91 Å². The normalized spacial score (nSPS) is 17.8. The van der Waals surface area contributed by atoms with Crippen LogP contribution in [0.4, 0.5) is 11.4 Å². The van der Waals surface area contributed by atoms with Gasteiger partial charge in [-0.15, -0.1) is 0 Å². The molecule has 0 aromatic heterocycles. The quantitative estimate of drug-likeness (QED) is 0.897. The lowest BCUT2D eigenvalue weighted by atomic mass is 10.1. The van der Waals surface area contributed by atoms with Crippen molar-refractivity contribution >= 4 is 17.3 Å². The molecule has 1 aliphatic rings. The summed E-state index contributed by atoms with van der Waals surface area (Å²) in [5.41, 5.74) is 3.29. The van der Waals surface area contributed by atoms with Crippen LogP contribution in [0.1, 0.15) is 12.5 Å². The van der Waals surface area contributed by atoms with Gasteiger partial charge in [-0.05, 0) is 38.1 Å². The van der Waals surface area contributed by atoms with Crippen LogP contribution in [-0.2, 0) is 4.79 Å². The summed E-state index contributed by atoms with van der Waals surface area (Å²) in [6.45, 7) is 7.40. The molecule has 1 fully saturated rings. The van der Waals surface area contributed by atoms with Gasteiger partial charge < -0.3 is 15.0 Å². The number of hydrogen-bond acceptors (Lipinski definition) is 4. The topological polar surface area (TPSA) is 44.8 Å². The molecule has 2 aromatic rings. The van der Waals surface area contributed by atoms with E-state index in [4.69, 9.17) is 4.74 Å². The Morgan fingerprint density at radius 3 is 2.65 bits per heavy atom. The number of ether oxygens (including phenoxy) is 1. The lowest BCUT2D eigenvalue weighted by molar-refractivity contribution is -0.117. The molecule has 1 heterocycles. The standard InChI is InChI=1S/C21H27N3O2/c1-16-7-9-19(10-8-16)24-12-11-23(14-17(24)2)15-21(25)22-18-5-4-6-20(13-18)26-3/h4-10,13,17H,11-12,14-15H2,1-3H3,(H,22,25)/t17-/m1/s1. The zero-order valence-corrected chi connectivity index (χ0v) is 15.7. The van der Waals surface area contributed by atoms with Crippen LogP contribution in [0.25, 0.3) is 0 Å². The van der Waals surface area contributed by atoms with Crippen LogP contribution in [0.3, 0.4) is 0 Å². The van der Waals surface area contributed by atoms with Gasteiger partial charge in [-0.2, -0.15) is 0 Å². The summed E-state index contributed by atoms with van der Waals surface area (Å²) in [7, 11) is 1.62. The van der Waals surface area contributed by atoms with Crippen LogP contribution in [0.2, 0.25) is 0 Å². The number of benzene rings is 2. The largest absolute Gasteiger partial charge is 0.497 e. The van der Waals surface area contributed by atoms with Crippen molar-refractivity contribution in [1.29, 1.82) is 0 Å². The van der Waals surface area contributed by atoms with E-state index in [1.165, 1.54) is 11.3 Å². The predicted octanol–water partition coefficient (Wildman–Crippen LogP) is 3.15. The highest BCUT2D eigenvalue weighted by Crippen LogP contribution is 2.21. The number of anilines is 2. The monoisotopic (exact) mass is 353 g/mol. The molecule has 1 N–H and O–H groups in total. The third-order valence-electron chi connectivity index (χ3n) is 4.80. The van der Waals surface area contributed by atoms with Crippen molar-refractivity contribution in [2.75, 3.05) is 43.5 Å². The Morgan fingerprint density at radius 2 is 1.96 bits per heavy atom. The second kappa shape index (κ2) is 8.23. The Kier molecular flexibility index (Phi) is 5.78. The molecule has 0 aliphatic carbocycles. The van der Waals surface area contributed by atoms with Crippen molar-refractivity contribution < 1.29 is 9.53 Å². The second-order valence-electron chi connectivity index (χ2n) is 6.89. The Labute approximate surface area is 155 Å². The summed E-state index contributed by atoms with van der Waals surface area (Å²) >= 11 is 0. The summed E-state index contributed by atoms with van der Waals surface area (Å²) < 4.78 is 5.19. The molecule has 0 saturated carbocycles. The molecule has 1 atom stereocenters. The van der Waals surface area contributed by atoms with Gasteiger partial charge in [0.15, 0.2) is 0 Å². The number of amides is 1. The number of nitrogens with one attached hydrogen (secondary N) is 1. The van der Waals surface area contributed by atoms with Gasteiger partial charge in [0.25, 0.3) is 0 Å². The fraction of sp³-hybridized carbons (Fsp3) is 0.381. The number of nitrogens with zero attached hydrogens (tertiary/aromatic N) is 2.